The molecule has 0 radical (unpaired) electrons. The lowest BCUT2D eigenvalue weighted by Crippen LogP contribution is -1.97. The minimum Gasteiger partial charge on any atom is -0.478 e. The highest BCUT2D eigenvalue weighted by atomic mass is 16.4. The second-order valence-electron chi connectivity index (χ2n) is 4.59. The zero-order chi connectivity index (χ0) is 13.6. The van der Waals surface area contributed by atoms with E-state index in [9.17, 15) is 9.90 Å². The van der Waals surface area contributed by atoms with Gasteiger partial charge in [0.25, 0.3) is 0 Å². The van der Waals surface area contributed by atoms with Crippen LogP contribution in [-0.2, 0) is 0 Å². The smallest absolute Gasteiger partial charge is 0.339 e. The van der Waals surface area contributed by atoms with Gasteiger partial charge in [-0.25, -0.2) is 4.79 Å². The van der Waals surface area contributed by atoms with Crippen LogP contribution < -0.4 is 0 Å². The van der Waals surface area contributed by atoms with E-state index < -0.39 is 5.97 Å². The predicted octanol–water partition coefficient (Wildman–Crippen LogP) is 2.87. The number of rotatable bonds is 2. The summed E-state index contributed by atoms with van der Waals surface area (Å²) in [5.41, 5.74) is 4.64. The molecule has 2 aromatic heterocycles. The summed E-state index contributed by atoms with van der Waals surface area (Å²) in [5.74, 6) is -0.980. The summed E-state index contributed by atoms with van der Waals surface area (Å²) in [6.07, 6.45) is 1.34. The molecule has 3 rings (SSSR count). The highest BCUT2D eigenvalue weighted by molar-refractivity contribution is 6.04. The van der Waals surface area contributed by atoms with Crippen LogP contribution in [0.4, 0.5) is 0 Å². The first-order chi connectivity index (χ1) is 9.09. The van der Waals surface area contributed by atoms with Crippen LogP contribution in [0.1, 0.15) is 21.6 Å². The van der Waals surface area contributed by atoms with E-state index in [4.69, 9.17) is 0 Å². The van der Waals surface area contributed by atoms with E-state index in [1.807, 2.05) is 32.0 Å². The summed E-state index contributed by atoms with van der Waals surface area (Å²) in [6.45, 7) is 3.94. The van der Waals surface area contributed by atoms with Gasteiger partial charge in [0.15, 0.2) is 0 Å². The van der Waals surface area contributed by atoms with Gasteiger partial charge in [0.2, 0.25) is 0 Å². The summed E-state index contributed by atoms with van der Waals surface area (Å²) < 4.78 is 0. The van der Waals surface area contributed by atoms with Crippen LogP contribution >= 0.6 is 0 Å². The highest BCUT2D eigenvalue weighted by Gasteiger charge is 2.20. The molecule has 0 unspecified atom stereocenters. The van der Waals surface area contributed by atoms with Crippen molar-refractivity contribution in [1.82, 2.24) is 15.2 Å². The molecule has 5 nitrogen and oxygen atoms in total. The molecule has 3 N–H and O–H groups in total. The summed E-state index contributed by atoms with van der Waals surface area (Å²) >= 11 is 0. The number of benzene rings is 1. The fourth-order valence-corrected chi connectivity index (χ4v) is 2.51. The van der Waals surface area contributed by atoms with Crippen LogP contribution in [0.2, 0.25) is 0 Å². The first-order valence-corrected chi connectivity index (χ1v) is 5.94. The molecular formula is C14H13N3O2. The Morgan fingerprint density at radius 3 is 2.84 bits per heavy atom. The Balaban J connectivity index is 2.39. The number of carbonyl (C=O) groups is 1. The molecule has 0 atom stereocenters. The Bertz CT molecular complexity index is 783. The third-order valence-electron chi connectivity index (χ3n) is 3.34. The van der Waals surface area contributed by atoms with E-state index >= 15 is 0 Å². The van der Waals surface area contributed by atoms with Crippen LogP contribution in [0, 0.1) is 13.8 Å². The van der Waals surface area contributed by atoms with Gasteiger partial charge >= 0.3 is 5.97 Å². The average molecular weight is 255 g/mol. The van der Waals surface area contributed by atoms with Gasteiger partial charge in [-0.3, -0.25) is 5.10 Å². The van der Waals surface area contributed by atoms with E-state index in [2.05, 4.69) is 15.2 Å². The lowest BCUT2D eigenvalue weighted by atomic mass is 10.0. The van der Waals surface area contributed by atoms with Crippen molar-refractivity contribution in [3.63, 3.8) is 0 Å². The number of aromatic carboxylic acids is 1. The molecule has 0 fully saturated rings. The average Bonchev–Trinajstić information content (AvgIpc) is 2.92. The van der Waals surface area contributed by atoms with Crippen LogP contribution in [0.25, 0.3) is 22.2 Å². The molecule has 0 spiro atoms. The van der Waals surface area contributed by atoms with Crippen molar-refractivity contribution in [3.05, 3.63) is 41.2 Å². The topological polar surface area (TPSA) is 81.8 Å². The number of nitrogens with zero attached hydrogens (tertiary/aromatic N) is 1. The SMILES string of the molecule is Cc1[nH]c2cccc(C)c2c1-c1[nH]ncc1C(=O)O. The van der Waals surface area contributed by atoms with Crippen LogP contribution in [0.3, 0.4) is 0 Å². The number of fused-ring (bicyclic) bond motifs is 1. The van der Waals surface area contributed by atoms with Crippen molar-refractivity contribution < 1.29 is 9.90 Å². The lowest BCUT2D eigenvalue weighted by molar-refractivity contribution is 0.0698. The van der Waals surface area contributed by atoms with Crippen molar-refractivity contribution in [2.75, 3.05) is 0 Å². The third-order valence-corrected chi connectivity index (χ3v) is 3.34. The van der Waals surface area contributed by atoms with E-state index in [0.29, 0.717) is 5.69 Å². The summed E-state index contributed by atoms with van der Waals surface area (Å²) in [4.78, 5) is 14.5. The molecule has 0 saturated heterocycles. The molecule has 0 amide bonds. The number of carboxylic acid groups (broad SMARTS) is 1. The van der Waals surface area contributed by atoms with Gasteiger partial charge in [-0.1, -0.05) is 12.1 Å². The van der Waals surface area contributed by atoms with Gasteiger partial charge in [-0.2, -0.15) is 5.10 Å². The minimum absolute atomic E-state index is 0.187. The second kappa shape index (κ2) is 3.98. The second-order valence-corrected chi connectivity index (χ2v) is 4.59. The van der Waals surface area contributed by atoms with E-state index in [1.165, 1.54) is 6.20 Å². The first-order valence-electron chi connectivity index (χ1n) is 5.94. The van der Waals surface area contributed by atoms with Crippen LogP contribution in [0.15, 0.2) is 24.4 Å². The number of hydrogen-bond acceptors (Lipinski definition) is 2. The molecule has 96 valence electrons. The standard InChI is InChI=1S/C14H13N3O2/c1-7-4-3-5-10-11(7)12(8(2)16-10)13-9(14(18)19)6-15-17-13/h3-6,16H,1-2H3,(H,15,17)(H,18,19). The van der Waals surface area contributed by atoms with Crippen molar-refractivity contribution in [2.24, 2.45) is 0 Å². The van der Waals surface area contributed by atoms with Crippen molar-refractivity contribution >= 4 is 16.9 Å². The third kappa shape index (κ3) is 1.62. The molecular weight excluding hydrogens is 242 g/mol. The summed E-state index contributed by atoms with van der Waals surface area (Å²) in [7, 11) is 0. The molecule has 19 heavy (non-hydrogen) atoms. The normalized spacial score (nSPS) is 11.1. The lowest BCUT2D eigenvalue weighted by Gasteiger charge is -2.02. The van der Waals surface area contributed by atoms with Gasteiger partial charge in [0, 0.05) is 22.2 Å². The fourth-order valence-electron chi connectivity index (χ4n) is 2.51. The molecule has 0 saturated carbocycles. The van der Waals surface area contributed by atoms with Gasteiger partial charge in [-0.15, -0.1) is 0 Å². The predicted molar refractivity (Wildman–Crippen MR) is 72.3 cm³/mol. The number of aromatic amines is 2. The fraction of sp³-hybridized carbons (Fsp3) is 0.143. The number of H-pyrrole nitrogens is 2. The Labute approximate surface area is 109 Å². The van der Waals surface area contributed by atoms with E-state index in [1.54, 1.807) is 0 Å². The van der Waals surface area contributed by atoms with Gasteiger partial charge in [-0.05, 0) is 25.5 Å². The Hall–Kier alpha value is -2.56. The molecule has 2 heterocycles. The molecule has 0 aliphatic rings. The van der Waals surface area contributed by atoms with Crippen molar-refractivity contribution in [3.8, 4) is 11.3 Å². The maximum Gasteiger partial charge on any atom is 0.339 e. The van der Waals surface area contributed by atoms with Crippen molar-refractivity contribution in [2.45, 2.75) is 13.8 Å². The molecule has 3 aromatic rings. The van der Waals surface area contributed by atoms with Gasteiger partial charge in [0.1, 0.15) is 5.56 Å². The minimum atomic E-state index is -0.980. The largest absolute Gasteiger partial charge is 0.478 e. The van der Waals surface area contributed by atoms with Gasteiger partial charge < -0.3 is 10.1 Å². The zero-order valence-corrected chi connectivity index (χ0v) is 10.6. The van der Waals surface area contributed by atoms with Gasteiger partial charge in [0.05, 0.1) is 11.9 Å². The van der Waals surface area contributed by atoms with Crippen molar-refractivity contribution in [1.29, 1.82) is 0 Å². The number of hydrogen-bond donors (Lipinski definition) is 3. The number of carboxylic acids is 1. The number of nitrogens with one attached hydrogen (secondary N) is 2. The number of aryl methyl sites for hydroxylation is 2. The molecule has 0 aliphatic carbocycles. The number of aromatic nitrogens is 3. The first kappa shape index (κ1) is 11.5. The molecule has 5 heteroatoms. The molecule has 1 aromatic carbocycles. The maximum atomic E-state index is 11.2. The Morgan fingerprint density at radius 1 is 1.32 bits per heavy atom. The van der Waals surface area contributed by atoms with Crippen LogP contribution in [-0.4, -0.2) is 26.3 Å². The summed E-state index contributed by atoms with van der Waals surface area (Å²) in [5, 5.41) is 16.9. The molecule has 0 bridgehead atoms. The molecule has 0 aliphatic heterocycles. The zero-order valence-electron chi connectivity index (χ0n) is 10.6. The van der Waals surface area contributed by atoms with Crippen LogP contribution in [0.5, 0.6) is 0 Å². The Kier molecular flexibility index (Phi) is 2.41. The van der Waals surface area contributed by atoms with E-state index in [-0.39, 0.29) is 5.56 Å². The monoisotopic (exact) mass is 255 g/mol. The Morgan fingerprint density at radius 2 is 2.11 bits per heavy atom. The quantitative estimate of drug-likeness (QED) is 0.658. The highest BCUT2D eigenvalue weighted by Crippen LogP contribution is 2.34. The maximum absolute atomic E-state index is 11.2. The summed E-state index contributed by atoms with van der Waals surface area (Å²) in [6, 6.07) is 5.97. The van der Waals surface area contributed by atoms with E-state index in [0.717, 1.165) is 27.7 Å².